The number of benzene rings is 1. The number of para-hydroxylation sites is 2. The predicted octanol–water partition coefficient (Wildman–Crippen LogP) is 1.12. The van der Waals surface area contributed by atoms with Gasteiger partial charge in [-0.05, 0) is 12.1 Å². The molecule has 1 aliphatic heterocycles. The summed E-state index contributed by atoms with van der Waals surface area (Å²) in [5.74, 6) is 0. The first-order chi connectivity index (χ1) is 6.31. The summed E-state index contributed by atoms with van der Waals surface area (Å²) >= 11 is 0. The molecule has 68 valence electrons. The Kier molecular flexibility index (Phi) is 1.93. The standard InChI is InChI=1S/C10H12N2O/c1-12-6-8(7-13)11-9-4-2-3-5-10(9)12/h2-5,7-8,11H,6H2,1H3. The fraction of sp³-hybridized carbons (Fsp3) is 0.300. The van der Waals surface area contributed by atoms with Gasteiger partial charge < -0.3 is 15.0 Å². The average molecular weight is 176 g/mol. The molecule has 1 aliphatic rings. The molecule has 1 atom stereocenters. The quantitative estimate of drug-likeness (QED) is 0.651. The van der Waals surface area contributed by atoms with E-state index in [1.165, 1.54) is 0 Å². The Morgan fingerprint density at radius 2 is 2.31 bits per heavy atom. The van der Waals surface area contributed by atoms with Crippen LogP contribution in [-0.2, 0) is 4.79 Å². The predicted molar refractivity (Wildman–Crippen MR) is 53.2 cm³/mol. The molecule has 3 heteroatoms. The lowest BCUT2D eigenvalue weighted by atomic mass is 10.1. The number of carbonyl (C=O) groups is 1. The van der Waals surface area contributed by atoms with Gasteiger partial charge in [0.1, 0.15) is 6.29 Å². The molecule has 1 unspecified atom stereocenters. The summed E-state index contributed by atoms with van der Waals surface area (Å²) in [5.41, 5.74) is 2.19. The number of fused-ring (bicyclic) bond motifs is 1. The monoisotopic (exact) mass is 176 g/mol. The van der Waals surface area contributed by atoms with E-state index in [2.05, 4.69) is 10.2 Å². The molecule has 13 heavy (non-hydrogen) atoms. The molecule has 0 fully saturated rings. The summed E-state index contributed by atoms with van der Waals surface area (Å²) in [6.45, 7) is 0.737. The third kappa shape index (κ3) is 1.37. The first-order valence-electron chi connectivity index (χ1n) is 4.33. The van der Waals surface area contributed by atoms with Crippen molar-refractivity contribution in [1.29, 1.82) is 0 Å². The minimum atomic E-state index is -0.0834. The van der Waals surface area contributed by atoms with E-state index >= 15 is 0 Å². The number of rotatable bonds is 1. The number of likely N-dealkylation sites (N-methyl/N-ethyl adjacent to an activating group) is 1. The number of nitrogens with one attached hydrogen (secondary N) is 1. The van der Waals surface area contributed by atoms with Gasteiger partial charge in [-0.2, -0.15) is 0 Å². The molecular weight excluding hydrogens is 164 g/mol. The van der Waals surface area contributed by atoms with E-state index in [1.54, 1.807) is 0 Å². The zero-order chi connectivity index (χ0) is 9.26. The lowest BCUT2D eigenvalue weighted by molar-refractivity contribution is -0.108. The van der Waals surface area contributed by atoms with Crippen molar-refractivity contribution in [2.75, 3.05) is 23.8 Å². The Morgan fingerprint density at radius 3 is 3.08 bits per heavy atom. The van der Waals surface area contributed by atoms with Gasteiger partial charge in [0.15, 0.2) is 0 Å². The molecule has 0 aliphatic carbocycles. The minimum Gasteiger partial charge on any atom is -0.372 e. The van der Waals surface area contributed by atoms with Crippen LogP contribution in [0.25, 0.3) is 0 Å². The van der Waals surface area contributed by atoms with Crippen LogP contribution in [0.4, 0.5) is 11.4 Å². The summed E-state index contributed by atoms with van der Waals surface area (Å²) in [4.78, 5) is 12.7. The molecule has 0 saturated heterocycles. The lowest BCUT2D eigenvalue weighted by Crippen LogP contribution is -2.40. The van der Waals surface area contributed by atoms with Gasteiger partial charge in [0.2, 0.25) is 0 Å². The van der Waals surface area contributed by atoms with Crippen LogP contribution >= 0.6 is 0 Å². The van der Waals surface area contributed by atoms with Gasteiger partial charge in [0.05, 0.1) is 17.4 Å². The van der Waals surface area contributed by atoms with Crippen LogP contribution in [0.5, 0.6) is 0 Å². The summed E-state index contributed by atoms with van der Waals surface area (Å²) in [6, 6.07) is 7.91. The maximum Gasteiger partial charge on any atom is 0.144 e. The number of hydrogen-bond donors (Lipinski definition) is 1. The van der Waals surface area contributed by atoms with E-state index < -0.39 is 0 Å². The van der Waals surface area contributed by atoms with Crippen molar-refractivity contribution in [3.05, 3.63) is 24.3 Å². The molecule has 1 N–H and O–H groups in total. The summed E-state index contributed by atoms with van der Waals surface area (Å²) in [7, 11) is 2.00. The molecule has 2 rings (SSSR count). The van der Waals surface area contributed by atoms with Crippen molar-refractivity contribution in [3.63, 3.8) is 0 Å². The normalized spacial score (nSPS) is 20.4. The van der Waals surface area contributed by atoms with Crippen molar-refractivity contribution < 1.29 is 4.79 Å². The van der Waals surface area contributed by atoms with Gasteiger partial charge in [-0.1, -0.05) is 12.1 Å². The molecule has 0 spiro atoms. The average Bonchev–Trinajstić information content (AvgIpc) is 2.18. The van der Waals surface area contributed by atoms with Crippen LogP contribution in [0, 0.1) is 0 Å². The molecule has 0 aromatic heterocycles. The van der Waals surface area contributed by atoms with Crippen LogP contribution in [-0.4, -0.2) is 25.9 Å². The van der Waals surface area contributed by atoms with Crippen molar-refractivity contribution in [1.82, 2.24) is 0 Å². The first-order valence-corrected chi connectivity index (χ1v) is 4.33. The van der Waals surface area contributed by atoms with E-state index in [4.69, 9.17) is 0 Å². The Morgan fingerprint density at radius 1 is 1.54 bits per heavy atom. The van der Waals surface area contributed by atoms with E-state index in [-0.39, 0.29) is 6.04 Å². The Balaban J connectivity index is 2.36. The highest BCUT2D eigenvalue weighted by Gasteiger charge is 2.19. The van der Waals surface area contributed by atoms with Crippen molar-refractivity contribution in [3.8, 4) is 0 Å². The number of anilines is 2. The van der Waals surface area contributed by atoms with Gasteiger partial charge >= 0.3 is 0 Å². The second-order valence-corrected chi connectivity index (χ2v) is 3.28. The molecular formula is C10H12N2O. The largest absolute Gasteiger partial charge is 0.372 e. The Bertz CT molecular complexity index is 324. The maximum atomic E-state index is 10.6. The molecule has 3 nitrogen and oxygen atoms in total. The van der Waals surface area contributed by atoms with E-state index in [0.717, 1.165) is 24.2 Å². The Hall–Kier alpha value is -1.51. The number of nitrogens with zero attached hydrogens (tertiary/aromatic N) is 1. The molecule has 0 radical (unpaired) electrons. The van der Waals surface area contributed by atoms with Gasteiger partial charge in [-0.15, -0.1) is 0 Å². The van der Waals surface area contributed by atoms with Gasteiger partial charge in [0, 0.05) is 13.6 Å². The SMILES string of the molecule is CN1CC(C=O)Nc2ccccc21. The topological polar surface area (TPSA) is 32.3 Å². The molecule has 0 amide bonds. The van der Waals surface area contributed by atoms with Crippen LogP contribution in [0.2, 0.25) is 0 Å². The number of hydrogen-bond acceptors (Lipinski definition) is 3. The third-order valence-corrected chi connectivity index (χ3v) is 2.29. The molecule has 0 bridgehead atoms. The summed E-state index contributed by atoms with van der Waals surface area (Å²) < 4.78 is 0. The molecule has 1 heterocycles. The van der Waals surface area contributed by atoms with E-state index in [9.17, 15) is 4.79 Å². The van der Waals surface area contributed by atoms with Crippen LogP contribution in [0.1, 0.15) is 0 Å². The minimum absolute atomic E-state index is 0.0834. The highest BCUT2D eigenvalue weighted by Crippen LogP contribution is 2.28. The smallest absolute Gasteiger partial charge is 0.144 e. The number of carbonyl (C=O) groups excluding carboxylic acids is 1. The highest BCUT2D eigenvalue weighted by atomic mass is 16.1. The molecule has 1 aromatic rings. The summed E-state index contributed by atoms with van der Waals surface area (Å²) in [6.07, 6.45) is 0.951. The summed E-state index contributed by atoms with van der Waals surface area (Å²) in [5, 5.41) is 3.17. The Labute approximate surface area is 77.4 Å². The second kappa shape index (κ2) is 3.09. The van der Waals surface area contributed by atoms with Crippen LogP contribution in [0.15, 0.2) is 24.3 Å². The molecule has 0 saturated carbocycles. The first kappa shape index (κ1) is 8.10. The van der Waals surface area contributed by atoms with Gasteiger partial charge in [0.25, 0.3) is 0 Å². The molecule has 1 aromatic carbocycles. The van der Waals surface area contributed by atoms with Crippen molar-refractivity contribution in [2.45, 2.75) is 6.04 Å². The van der Waals surface area contributed by atoms with E-state index in [0.29, 0.717) is 0 Å². The van der Waals surface area contributed by atoms with Crippen LogP contribution < -0.4 is 10.2 Å². The fourth-order valence-electron chi connectivity index (χ4n) is 1.64. The highest BCUT2D eigenvalue weighted by molar-refractivity contribution is 5.78. The van der Waals surface area contributed by atoms with Gasteiger partial charge in [-0.25, -0.2) is 0 Å². The van der Waals surface area contributed by atoms with E-state index in [1.807, 2.05) is 31.3 Å². The third-order valence-electron chi connectivity index (χ3n) is 2.29. The van der Waals surface area contributed by atoms with Crippen LogP contribution in [0.3, 0.4) is 0 Å². The lowest BCUT2D eigenvalue weighted by Gasteiger charge is -2.32. The van der Waals surface area contributed by atoms with Crippen molar-refractivity contribution >= 4 is 17.7 Å². The van der Waals surface area contributed by atoms with Gasteiger partial charge in [-0.3, -0.25) is 0 Å². The van der Waals surface area contributed by atoms with Crippen molar-refractivity contribution in [2.24, 2.45) is 0 Å². The maximum absolute atomic E-state index is 10.6. The zero-order valence-corrected chi connectivity index (χ0v) is 7.53. The fourth-order valence-corrected chi connectivity index (χ4v) is 1.64. The second-order valence-electron chi connectivity index (χ2n) is 3.28. The number of aldehydes is 1. The zero-order valence-electron chi connectivity index (χ0n) is 7.53.